The van der Waals surface area contributed by atoms with E-state index in [1.807, 2.05) is 30.3 Å². The first-order chi connectivity index (χ1) is 10.3. The third kappa shape index (κ3) is 5.11. The van der Waals surface area contributed by atoms with Gasteiger partial charge in [-0.15, -0.1) is 11.3 Å². The summed E-state index contributed by atoms with van der Waals surface area (Å²) >= 11 is 1.76. The molecule has 0 aliphatic rings. The number of rotatable bonds is 6. The van der Waals surface area contributed by atoms with Crippen LogP contribution in [0.2, 0.25) is 0 Å². The Balaban J connectivity index is 1.67. The molecular weight excluding hydrogens is 282 g/mol. The summed E-state index contributed by atoms with van der Waals surface area (Å²) in [4.78, 5) is 5.54. The molecule has 1 aromatic carbocycles. The van der Waals surface area contributed by atoms with Gasteiger partial charge in [0.1, 0.15) is 12.4 Å². The maximum atomic E-state index is 5.63. The van der Waals surface area contributed by atoms with Crippen molar-refractivity contribution in [1.29, 1.82) is 0 Å². The molecule has 0 spiro atoms. The Morgan fingerprint density at radius 1 is 1.19 bits per heavy atom. The normalized spacial score (nSPS) is 11.2. The Labute approximate surface area is 129 Å². The van der Waals surface area contributed by atoms with Crippen molar-refractivity contribution in [2.24, 2.45) is 4.99 Å². The lowest BCUT2D eigenvalue weighted by molar-refractivity contribution is 0.322. The van der Waals surface area contributed by atoms with Crippen LogP contribution < -0.4 is 15.4 Å². The molecular formula is C16H21N3OS. The van der Waals surface area contributed by atoms with E-state index in [0.717, 1.165) is 18.3 Å². The highest BCUT2D eigenvalue weighted by molar-refractivity contribution is 7.10. The predicted molar refractivity (Wildman–Crippen MR) is 89.2 cm³/mol. The van der Waals surface area contributed by atoms with Crippen LogP contribution in [0.25, 0.3) is 0 Å². The zero-order valence-corrected chi connectivity index (χ0v) is 13.2. The van der Waals surface area contributed by atoms with Crippen molar-refractivity contribution in [3.8, 4) is 5.75 Å². The van der Waals surface area contributed by atoms with E-state index in [0.29, 0.717) is 13.2 Å². The molecule has 5 heteroatoms. The summed E-state index contributed by atoms with van der Waals surface area (Å²) in [7, 11) is 1.77. The van der Waals surface area contributed by atoms with Gasteiger partial charge >= 0.3 is 0 Å². The van der Waals surface area contributed by atoms with E-state index in [1.165, 1.54) is 10.4 Å². The number of thiophene rings is 1. The van der Waals surface area contributed by atoms with Crippen LogP contribution in [0.5, 0.6) is 5.75 Å². The number of aryl methyl sites for hydroxylation is 1. The van der Waals surface area contributed by atoms with Gasteiger partial charge < -0.3 is 15.4 Å². The molecule has 4 nitrogen and oxygen atoms in total. The first-order valence-corrected chi connectivity index (χ1v) is 7.83. The monoisotopic (exact) mass is 303 g/mol. The van der Waals surface area contributed by atoms with Crippen molar-refractivity contribution in [3.63, 3.8) is 0 Å². The lowest BCUT2D eigenvalue weighted by atomic mass is 10.3. The van der Waals surface area contributed by atoms with Crippen molar-refractivity contribution < 1.29 is 4.74 Å². The maximum Gasteiger partial charge on any atom is 0.191 e. The van der Waals surface area contributed by atoms with Crippen LogP contribution in [0, 0.1) is 6.92 Å². The van der Waals surface area contributed by atoms with Crippen LogP contribution in [0.4, 0.5) is 0 Å². The van der Waals surface area contributed by atoms with E-state index in [4.69, 9.17) is 4.74 Å². The number of aliphatic imine (C=N–C) groups is 1. The smallest absolute Gasteiger partial charge is 0.191 e. The molecule has 0 aliphatic carbocycles. The molecule has 1 aromatic heterocycles. The highest BCUT2D eigenvalue weighted by Crippen LogP contribution is 2.14. The van der Waals surface area contributed by atoms with Crippen molar-refractivity contribution in [1.82, 2.24) is 10.6 Å². The van der Waals surface area contributed by atoms with Gasteiger partial charge in [-0.05, 0) is 36.1 Å². The van der Waals surface area contributed by atoms with Gasteiger partial charge in [-0.1, -0.05) is 18.2 Å². The lowest BCUT2D eigenvalue weighted by Crippen LogP contribution is -2.38. The van der Waals surface area contributed by atoms with Gasteiger partial charge in [0.2, 0.25) is 0 Å². The Morgan fingerprint density at radius 2 is 2.00 bits per heavy atom. The number of nitrogens with one attached hydrogen (secondary N) is 2. The number of hydrogen-bond donors (Lipinski definition) is 2. The van der Waals surface area contributed by atoms with Crippen molar-refractivity contribution in [3.05, 3.63) is 52.2 Å². The minimum absolute atomic E-state index is 0.600. The predicted octanol–water partition coefficient (Wildman–Crippen LogP) is 2.80. The molecule has 0 unspecified atom stereocenters. The number of ether oxygens (including phenoxy) is 1. The fraction of sp³-hybridized carbons (Fsp3) is 0.312. The first-order valence-electron chi connectivity index (χ1n) is 6.95. The quantitative estimate of drug-likeness (QED) is 0.490. The average Bonchev–Trinajstić information content (AvgIpc) is 2.93. The number of guanidine groups is 1. The lowest BCUT2D eigenvalue weighted by Gasteiger charge is -2.12. The molecule has 0 aliphatic heterocycles. The number of hydrogen-bond acceptors (Lipinski definition) is 3. The van der Waals surface area contributed by atoms with Crippen molar-refractivity contribution >= 4 is 17.3 Å². The van der Waals surface area contributed by atoms with Gasteiger partial charge in [0.25, 0.3) is 0 Å². The van der Waals surface area contributed by atoms with Gasteiger partial charge in [0, 0.05) is 11.9 Å². The largest absolute Gasteiger partial charge is 0.492 e. The fourth-order valence-electron chi connectivity index (χ4n) is 1.82. The van der Waals surface area contributed by atoms with E-state index in [1.54, 1.807) is 18.4 Å². The zero-order valence-electron chi connectivity index (χ0n) is 12.4. The van der Waals surface area contributed by atoms with E-state index in [-0.39, 0.29) is 0 Å². The Bertz CT molecular complexity index is 566. The Morgan fingerprint density at radius 3 is 2.67 bits per heavy atom. The van der Waals surface area contributed by atoms with E-state index >= 15 is 0 Å². The SMILES string of the molecule is CN=C(NCCOc1ccccc1)NCc1sccc1C. The second-order valence-corrected chi connectivity index (χ2v) is 5.54. The Hall–Kier alpha value is -2.01. The molecule has 0 saturated carbocycles. The minimum Gasteiger partial charge on any atom is -0.492 e. The van der Waals surface area contributed by atoms with E-state index < -0.39 is 0 Å². The standard InChI is InChI=1S/C16H21N3OS/c1-13-8-11-21-15(13)12-19-16(17-2)18-9-10-20-14-6-4-3-5-7-14/h3-8,11H,9-10,12H2,1-2H3,(H2,17,18,19). The van der Waals surface area contributed by atoms with E-state index in [9.17, 15) is 0 Å². The van der Waals surface area contributed by atoms with Crippen molar-refractivity contribution in [2.45, 2.75) is 13.5 Å². The molecule has 0 atom stereocenters. The van der Waals surface area contributed by atoms with Crippen LogP contribution in [0.15, 0.2) is 46.8 Å². The van der Waals surface area contributed by atoms with Crippen LogP contribution in [-0.4, -0.2) is 26.2 Å². The number of para-hydroxylation sites is 1. The third-order valence-electron chi connectivity index (χ3n) is 3.01. The maximum absolute atomic E-state index is 5.63. The highest BCUT2D eigenvalue weighted by Gasteiger charge is 2.02. The molecule has 2 N–H and O–H groups in total. The van der Waals surface area contributed by atoms with Gasteiger partial charge in [-0.3, -0.25) is 4.99 Å². The number of nitrogens with zero attached hydrogens (tertiary/aromatic N) is 1. The molecule has 0 bridgehead atoms. The second-order valence-electron chi connectivity index (χ2n) is 4.54. The zero-order chi connectivity index (χ0) is 14.9. The van der Waals surface area contributed by atoms with Gasteiger partial charge in [-0.2, -0.15) is 0 Å². The van der Waals surface area contributed by atoms with Crippen LogP contribution in [-0.2, 0) is 6.54 Å². The van der Waals surface area contributed by atoms with Crippen LogP contribution in [0.1, 0.15) is 10.4 Å². The van der Waals surface area contributed by atoms with Crippen LogP contribution >= 0.6 is 11.3 Å². The van der Waals surface area contributed by atoms with Crippen LogP contribution in [0.3, 0.4) is 0 Å². The second kappa shape index (κ2) is 8.32. The van der Waals surface area contributed by atoms with Gasteiger partial charge in [-0.25, -0.2) is 0 Å². The topological polar surface area (TPSA) is 45.7 Å². The summed E-state index contributed by atoms with van der Waals surface area (Å²) < 4.78 is 5.63. The number of benzene rings is 1. The average molecular weight is 303 g/mol. The molecule has 2 rings (SSSR count). The summed E-state index contributed by atoms with van der Waals surface area (Å²) in [6.45, 7) is 4.22. The fourth-order valence-corrected chi connectivity index (χ4v) is 2.67. The summed E-state index contributed by atoms with van der Waals surface area (Å²) in [6, 6.07) is 11.9. The molecule has 0 fully saturated rings. The minimum atomic E-state index is 0.600. The van der Waals surface area contributed by atoms with E-state index in [2.05, 4.69) is 34.0 Å². The summed E-state index contributed by atoms with van der Waals surface area (Å²) in [5.41, 5.74) is 1.32. The molecule has 112 valence electrons. The molecule has 0 saturated heterocycles. The Kier molecular flexibility index (Phi) is 6.09. The molecule has 1 heterocycles. The van der Waals surface area contributed by atoms with Crippen molar-refractivity contribution in [2.75, 3.05) is 20.2 Å². The molecule has 2 aromatic rings. The highest BCUT2D eigenvalue weighted by atomic mass is 32.1. The molecule has 21 heavy (non-hydrogen) atoms. The molecule has 0 radical (unpaired) electrons. The van der Waals surface area contributed by atoms with Gasteiger partial charge in [0.15, 0.2) is 5.96 Å². The van der Waals surface area contributed by atoms with Gasteiger partial charge in [0.05, 0.1) is 13.1 Å². The summed E-state index contributed by atoms with van der Waals surface area (Å²) in [5, 5.41) is 8.65. The summed E-state index contributed by atoms with van der Waals surface area (Å²) in [5.74, 6) is 1.68. The summed E-state index contributed by atoms with van der Waals surface area (Å²) in [6.07, 6.45) is 0. The molecule has 0 amide bonds. The third-order valence-corrected chi connectivity index (χ3v) is 4.04. The first kappa shape index (κ1) is 15.4.